The average Bonchev–Trinajstić information content (AvgIpc) is 2.61. The van der Waals surface area contributed by atoms with Crippen LogP contribution in [-0.4, -0.2) is 29.2 Å². The maximum atomic E-state index is 11.3. The zero-order valence-electron chi connectivity index (χ0n) is 8.63. The molecule has 0 spiro atoms. The molecular weight excluding hydrogens is 192 g/mol. The lowest BCUT2D eigenvalue weighted by Crippen LogP contribution is -2.33. The van der Waals surface area contributed by atoms with E-state index in [2.05, 4.69) is 26.8 Å². The molecule has 1 amide bonds. The zero-order valence-corrected chi connectivity index (χ0v) is 8.63. The Morgan fingerprint density at radius 2 is 2.53 bits per heavy atom. The van der Waals surface area contributed by atoms with Crippen molar-refractivity contribution in [3.05, 3.63) is 17.5 Å². The van der Waals surface area contributed by atoms with Crippen LogP contribution < -0.4 is 10.6 Å². The van der Waals surface area contributed by atoms with Gasteiger partial charge >= 0.3 is 0 Å². The van der Waals surface area contributed by atoms with E-state index in [1.54, 1.807) is 6.20 Å². The standard InChI is InChI=1S/C10H14N4O/c1-3-4-11-7-10(15)12-5-9-6-13-14-8(9)2/h1,6,11H,4-5,7H2,2H3,(H,12,15)(H,13,14). The fourth-order valence-electron chi connectivity index (χ4n) is 1.06. The maximum absolute atomic E-state index is 11.3. The predicted octanol–water partition coefficient (Wildman–Crippen LogP) is -0.443. The molecule has 0 bridgehead atoms. The summed E-state index contributed by atoms with van der Waals surface area (Å²) in [4.78, 5) is 11.3. The molecule has 5 heteroatoms. The van der Waals surface area contributed by atoms with Crippen LogP contribution in [0.5, 0.6) is 0 Å². The summed E-state index contributed by atoms with van der Waals surface area (Å²) in [5.41, 5.74) is 1.95. The summed E-state index contributed by atoms with van der Waals surface area (Å²) in [6.07, 6.45) is 6.73. The Morgan fingerprint density at radius 1 is 1.73 bits per heavy atom. The molecule has 1 aromatic heterocycles. The van der Waals surface area contributed by atoms with Crippen LogP contribution in [0.15, 0.2) is 6.20 Å². The van der Waals surface area contributed by atoms with Crippen LogP contribution >= 0.6 is 0 Å². The van der Waals surface area contributed by atoms with Gasteiger partial charge in [0.15, 0.2) is 0 Å². The Kier molecular flexibility index (Phi) is 4.38. The second kappa shape index (κ2) is 5.83. The number of nitrogens with zero attached hydrogens (tertiary/aromatic N) is 1. The van der Waals surface area contributed by atoms with Crippen molar-refractivity contribution in [2.45, 2.75) is 13.5 Å². The second-order valence-corrected chi connectivity index (χ2v) is 3.10. The molecule has 1 rings (SSSR count). The number of carbonyl (C=O) groups is 1. The van der Waals surface area contributed by atoms with Gasteiger partial charge in [0.05, 0.1) is 19.3 Å². The van der Waals surface area contributed by atoms with Gasteiger partial charge in [-0.25, -0.2) is 0 Å². The summed E-state index contributed by atoms with van der Waals surface area (Å²) >= 11 is 0. The number of aromatic amines is 1. The highest BCUT2D eigenvalue weighted by Crippen LogP contribution is 2.00. The molecule has 80 valence electrons. The van der Waals surface area contributed by atoms with Crippen molar-refractivity contribution in [2.24, 2.45) is 0 Å². The van der Waals surface area contributed by atoms with Gasteiger partial charge in [-0.3, -0.25) is 15.2 Å². The van der Waals surface area contributed by atoms with E-state index in [-0.39, 0.29) is 12.5 Å². The van der Waals surface area contributed by atoms with Crippen LogP contribution in [-0.2, 0) is 11.3 Å². The molecule has 0 aliphatic carbocycles. The molecule has 0 aliphatic rings. The molecule has 1 heterocycles. The predicted molar refractivity (Wildman–Crippen MR) is 56.9 cm³/mol. The Bertz CT molecular complexity index is 364. The van der Waals surface area contributed by atoms with Crippen molar-refractivity contribution in [1.82, 2.24) is 20.8 Å². The van der Waals surface area contributed by atoms with Gasteiger partial charge in [-0.15, -0.1) is 6.42 Å². The lowest BCUT2D eigenvalue weighted by Gasteiger charge is -2.04. The monoisotopic (exact) mass is 206 g/mol. The van der Waals surface area contributed by atoms with Gasteiger partial charge in [-0.2, -0.15) is 5.10 Å². The van der Waals surface area contributed by atoms with E-state index in [1.807, 2.05) is 6.92 Å². The number of nitrogens with one attached hydrogen (secondary N) is 3. The number of rotatable bonds is 5. The van der Waals surface area contributed by atoms with Crippen LogP contribution in [0.2, 0.25) is 0 Å². The van der Waals surface area contributed by atoms with Gasteiger partial charge in [0, 0.05) is 17.8 Å². The third-order valence-electron chi connectivity index (χ3n) is 1.92. The van der Waals surface area contributed by atoms with Crippen molar-refractivity contribution in [1.29, 1.82) is 0 Å². The normalized spacial score (nSPS) is 9.60. The summed E-state index contributed by atoms with van der Waals surface area (Å²) in [6, 6.07) is 0. The minimum atomic E-state index is -0.0779. The van der Waals surface area contributed by atoms with Crippen LogP contribution in [0, 0.1) is 19.3 Å². The summed E-state index contributed by atoms with van der Waals surface area (Å²) in [6.45, 7) is 3.03. The van der Waals surface area contributed by atoms with Gasteiger partial charge in [0.25, 0.3) is 0 Å². The number of H-pyrrole nitrogens is 1. The quantitative estimate of drug-likeness (QED) is 0.452. The summed E-state index contributed by atoms with van der Waals surface area (Å²) in [5, 5.41) is 12.2. The molecule has 15 heavy (non-hydrogen) atoms. The second-order valence-electron chi connectivity index (χ2n) is 3.10. The first kappa shape index (κ1) is 11.3. The van der Waals surface area contributed by atoms with E-state index < -0.39 is 0 Å². The molecule has 0 saturated carbocycles. The first-order valence-corrected chi connectivity index (χ1v) is 4.63. The van der Waals surface area contributed by atoms with Crippen molar-refractivity contribution in [3.63, 3.8) is 0 Å². The van der Waals surface area contributed by atoms with E-state index in [0.29, 0.717) is 13.1 Å². The van der Waals surface area contributed by atoms with Crippen LogP contribution in [0.4, 0.5) is 0 Å². The zero-order chi connectivity index (χ0) is 11.1. The molecule has 0 atom stereocenters. The van der Waals surface area contributed by atoms with E-state index in [0.717, 1.165) is 11.3 Å². The molecule has 0 radical (unpaired) electrons. The summed E-state index contributed by atoms with van der Waals surface area (Å²) in [5.74, 6) is 2.32. The van der Waals surface area contributed by atoms with Gasteiger partial charge in [-0.1, -0.05) is 5.92 Å². The average molecular weight is 206 g/mol. The van der Waals surface area contributed by atoms with Crippen LogP contribution in [0.1, 0.15) is 11.3 Å². The number of hydrogen-bond acceptors (Lipinski definition) is 3. The number of aryl methyl sites for hydroxylation is 1. The fourth-order valence-corrected chi connectivity index (χ4v) is 1.06. The number of aromatic nitrogens is 2. The highest BCUT2D eigenvalue weighted by atomic mass is 16.1. The third-order valence-corrected chi connectivity index (χ3v) is 1.92. The lowest BCUT2D eigenvalue weighted by molar-refractivity contribution is -0.120. The molecule has 0 unspecified atom stereocenters. The van der Waals surface area contributed by atoms with Gasteiger partial charge in [0.1, 0.15) is 0 Å². The Morgan fingerprint density at radius 3 is 3.13 bits per heavy atom. The molecule has 3 N–H and O–H groups in total. The first-order chi connectivity index (χ1) is 7.24. The summed E-state index contributed by atoms with van der Waals surface area (Å²) in [7, 11) is 0. The smallest absolute Gasteiger partial charge is 0.234 e. The molecular formula is C10H14N4O. The number of amides is 1. The molecule has 0 saturated heterocycles. The minimum Gasteiger partial charge on any atom is -0.351 e. The van der Waals surface area contributed by atoms with E-state index in [9.17, 15) is 4.79 Å². The van der Waals surface area contributed by atoms with Crippen molar-refractivity contribution >= 4 is 5.91 Å². The van der Waals surface area contributed by atoms with Gasteiger partial charge in [0.2, 0.25) is 5.91 Å². The van der Waals surface area contributed by atoms with Crippen molar-refractivity contribution in [2.75, 3.05) is 13.1 Å². The van der Waals surface area contributed by atoms with Gasteiger partial charge in [-0.05, 0) is 6.92 Å². The third kappa shape index (κ3) is 3.83. The molecule has 5 nitrogen and oxygen atoms in total. The van der Waals surface area contributed by atoms with E-state index in [4.69, 9.17) is 6.42 Å². The molecule has 0 aromatic carbocycles. The maximum Gasteiger partial charge on any atom is 0.234 e. The first-order valence-electron chi connectivity index (χ1n) is 4.63. The van der Waals surface area contributed by atoms with Gasteiger partial charge < -0.3 is 5.32 Å². The van der Waals surface area contributed by atoms with Crippen molar-refractivity contribution < 1.29 is 4.79 Å². The summed E-state index contributed by atoms with van der Waals surface area (Å²) < 4.78 is 0. The Hall–Kier alpha value is -1.80. The number of terminal acetylenes is 1. The van der Waals surface area contributed by atoms with E-state index >= 15 is 0 Å². The minimum absolute atomic E-state index is 0.0779. The Balaban J connectivity index is 2.23. The van der Waals surface area contributed by atoms with E-state index in [1.165, 1.54) is 0 Å². The lowest BCUT2D eigenvalue weighted by atomic mass is 10.2. The molecule has 0 fully saturated rings. The Labute approximate surface area is 88.6 Å². The molecule has 1 aromatic rings. The topological polar surface area (TPSA) is 69.8 Å². The number of carbonyl (C=O) groups excluding carboxylic acids is 1. The number of hydrogen-bond donors (Lipinski definition) is 3. The highest BCUT2D eigenvalue weighted by molar-refractivity contribution is 5.78. The molecule has 0 aliphatic heterocycles. The highest BCUT2D eigenvalue weighted by Gasteiger charge is 2.03. The largest absolute Gasteiger partial charge is 0.351 e. The SMILES string of the molecule is C#CCNCC(=O)NCc1cn[nH]c1C. The van der Waals surface area contributed by atoms with Crippen LogP contribution in [0.25, 0.3) is 0 Å². The van der Waals surface area contributed by atoms with Crippen LogP contribution in [0.3, 0.4) is 0 Å². The van der Waals surface area contributed by atoms with Crippen molar-refractivity contribution in [3.8, 4) is 12.3 Å². The fraction of sp³-hybridized carbons (Fsp3) is 0.400.